The lowest BCUT2D eigenvalue weighted by Crippen LogP contribution is -2.17. The first-order valence-corrected chi connectivity index (χ1v) is 11.7. The molecule has 8 nitrogen and oxygen atoms in total. The number of rotatable bonds is 7. The van der Waals surface area contributed by atoms with Crippen LogP contribution in [0.1, 0.15) is 0 Å². The Bertz CT molecular complexity index is 1220. The molecule has 1 aromatic heterocycles. The topological polar surface area (TPSA) is 112 Å². The Kier molecular flexibility index (Phi) is 5.76. The monoisotopic (exact) mass is 434 g/mol. The summed E-state index contributed by atoms with van der Waals surface area (Å²) in [7, 11) is -6.44. The Morgan fingerprint density at radius 1 is 0.828 bits per heavy atom. The summed E-state index contributed by atoms with van der Waals surface area (Å²) >= 11 is 0. The summed E-state index contributed by atoms with van der Waals surface area (Å²) < 4.78 is 62.8. The largest absolute Gasteiger partial charge is 0.497 e. The summed E-state index contributed by atoms with van der Waals surface area (Å²) in [5.74, 6) is 1.07. The third-order valence-electron chi connectivity index (χ3n) is 3.83. The fourth-order valence-electron chi connectivity index (χ4n) is 2.48. The quantitative estimate of drug-likeness (QED) is 0.608. The summed E-state index contributed by atoms with van der Waals surface area (Å²) in [5, 5.41) is 0. The van der Waals surface area contributed by atoms with Crippen molar-refractivity contribution in [3.8, 4) is 17.4 Å². The number of aromatic nitrogens is 1. The van der Waals surface area contributed by atoms with Gasteiger partial charge in [0.15, 0.2) is 9.84 Å². The number of anilines is 1. The van der Waals surface area contributed by atoms with Gasteiger partial charge in [-0.2, -0.15) is 0 Å². The Morgan fingerprint density at radius 3 is 2.07 bits per heavy atom. The standard InChI is InChI=1S/C19H18N2O6S2/c1-26-14-9-11-15(12-10-14)27-19-16(6-5-13-20-19)21-29(24,25)18-8-4-3-7-17(18)28(2,22)23/h3-13,21H,1-2H3. The average Bonchev–Trinajstić information content (AvgIpc) is 2.69. The second-order valence-corrected chi connectivity index (χ2v) is 9.59. The van der Waals surface area contributed by atoms with Gasteiger partial charge in [-0.1, -0.05) is 12.1 Å². The van der Waals surface area contributed by atoms with E-state index in [-0.39, 0.29) is 21.4 Å². The number of methoxy groups -OCH3 is 1. The van der Waals surface area contributed by atoms with Crippen LogP contribution in [0.2, 0.25) is 0 Å². The zero-order chi connectivity index (χ0) is 21.1. The molecule has 0 atom stereocenters. The van der Waals surface area contributed by atoms with Crippen molar-refractivity contribution in [1.29, 1.82) is 0 Å². The molecule has 0 bridgehead atoms. The van der Waals surface area contributed by atoms with Gasteiger partial charge in [-0.15, -0.1) is 0 Å². The highest BCUT2D eigenvalue weighted by atomic mass is 32.2. The lowest BCUT2D eigenvalue weighted by atomic mass is 10.3. The smallest absolute Gasteiger partial charge is 0.263 e. The van der Waals surface area contributed by atoms with Crippen LogP contribution in [-0.2, 0) is 19.9 Å². The van der Waals surface area contributed by atoms with Crippen LogP contribution in [0.15, 0.2) is 76.7 Å². The summed E-state index contributed by atoms with van der Waals surface area (Å²) in [6.07, 6.45) is 2.39. The van der Waals surface area contributed by atoms with Gasteiger partial charge in [0.1, 0.15) is 22.1 Å². The number of hydrogen-bond donors (Lipinski definition) is 1. The molecular weight excluding hydrogens is 416 g/mol. The van der Waals surface area contributed by atoms with Crippen LogP contribution in [0, 0.1) is 0 Å². The van der Waals surface area contributed by atoms with Gasteiger partial charge in [-0.25, -0.2) is 21.8 Å². The highest BCUT2D eigenvalue weighted by molar-refractivity contribution is 7.95. The molecule has 0 unspecified atom stereocenters. The van der Waals surface area contributed by atoms with E-state index in [0.717, 1.165) is 6.26 Å². The van der Waals surface area contributed by atoms with E-state index in [2.05, 4.69) is 9.71 Å². The number of nitrogens with one attached hydrogen (secondary N) is 1. The van der Waals surface area contributed by atoms with Crippen LogP contribution in [0.5, 0.6) is 17.4 Å². The molecule has 2 aromatic carbocycles. The fourth-order valence-corrected chi connectivity index (χ4v) is 5.17. The molecule has 3 aromatic rings. The Hall–Kier alpha value is -3.11. The third-order valence-corrected chi connectivity index (χ3v) is 6.54. The van der Waals surface area contributed by atoms with Crippen molar-refractivity contribution in [2.45, 2.75) is 9.79 Å². The predicted molar refractivity (Wildman–Crippen MR) is 108 cm³/mol. The molecule has 0 aliphatic carbocycles. The van der Waals surface area contributed by atoms with E-state index in [1.807, 2.05) is 0 Å². The first kappa shape index (κ1) is 20.6. The molecule has 0 radical (unpaired) electrons. The SMILES string of the molecule is COc1ccc(Oc2ncccc2NS(=O)(=O)c2ccccc2S(C)(=O)=O)cc1. The molecule has 0 spiro atoms. The van der Waals surface area contributed by atoms with Gasteiger partial charge in [-0.3, -0.25) is 4.72 Å². The van der Waals surface area contributed by atoms with Crippen molar-refractivity contribution < 1.29 is 26.3 Å². The number of hydrogen-bond acceptors (Lipinski definition) is 7. The third kappa shape index (κ3) is 4.84. The molecule has 152 valence electrons. The zero-order valence-corrected chi connectivity index (χ0v) is 17.2. The van der Waals surface area contributed by atoms with Gasteiger partial charge in [0, 0.05) is 12.5 Å². The highest BCUT2D eigenvalue weighted by Crippen LogP contribution is 2.31. The molecule has 0 saturated heterocycles. The van der Waals surface area contributed by atoms with E-state index in [0.29, 0.717) is 11.5 Å². The lowest BCUT2D eigenvalue weighted by molar-refractivity contribution is 0.412. The molecule has 0 amide bonds. The maximum absolute atomic E-state index is 12.9. The Balaban J connectivity index is 1.95. The normalized spacial score (nSPS) is 11.7. The van der Waals surface area contributed by atoms with Gasteiger partial charge in [-0.05, 0) is 48.5 Å². The van der Waals surface area contributed by atoms with E-state index in [1.165, 1.54) is 49.7 Å². The molecule has 1 heterocycles. The summed E-state index contributed by atoms with van der Waals surface area (Å²) in [4.78, 5) is 3.41. The van der Waals surface area contributed by atoms with Crippen LogP contribution >= 0.6 is 0 Å². The van der Waals surface area contributed by atoms with Crippen LogP contribution in [0.3, 0.4) is 0 Å². The van der Waals surface area contributed by atoms with Crippen molar-refractivity contribution in [1.82, 2.24) is 4.98 Å². The molecule has 0 fully saturated rings. The average molecular weight is 434 g/mol. The Morgan fingerprint density at radius 2 is 1.45 bits per heavy atom. The first-order chi connectivity index (χ1) is 13.7. The van der Waals surface area contributed by atoms with Crippen LogP contribution in [0.4, 0.5) is 5.69 Å². The van der Waals surface area contributed by atoms with Crippen molar-refractivity contribution in [2.24, 2.45) is 0 Å². The second-order valence-electron chi connectivity index (χ2n) is 5.96. The van der Waals surface area contributed by atoms with Crippen molar-refractivity contribution >= 4 is 25.5 Å². The summed E-state index contributed by atoms with van der Waals surface area (Å²) in [5.41, 5.74) is 0.0617. The van der Waals surface area contributed by atoms with E-state index in [9.17, 15) is 16.8 Å². The minimum absolute atomic E-state index is 0.0121. The number of sulfone groups is 1. The maximum atomic E-state index is 12.9. The van der Waals surface area contributed by atoms with Gasteiger partial charge >= 0.3 is 0 Å². The molecule has 10 heteroatoms. The molecule has 3 rings (SSSR count). The highest BCUT2D eigenvalue weighted by Gasteiger charge is 2.25. The lowest BCUT2D eigenvalue weighted by Gasteiger charge is -2.14. The van der Waals surface area contributed by atoms with Gasteiger partial charge < -0.3 is 9.47 Å². The summed E-state index contributed by atoms with van der Waals surface area (Å²) in [6.45, 7) is 0. The van der Waals surface area contributed by atoms with E-state index >= 15 is 0 Å². The molecule has 1 N–H and O–H groups in total. The Labute approximate surface area is 169 Å². The van der Waals surface area contributed by atoms with Crippen molar-refractivity contribution in [3.63, 3.8) is 0 Å². The molecule has 0 aliphatic heterocycles. The van der Waals surface area contributed by atoms with Gasteiger partial charge in [0.2, 0.25) is 5.88 Å². The minimum atomic E-state index is -4.22. The van der Waals surface area contributed by atoms with E-state index in [1.54, 1.807) is 24.3 Å². The maximum Gasteiger partial charge on any atom is 0.263 e. The zero-order valence-electron chi connectivity index (χ0n) is 15.6. The number of benzene rings is 2. The fraction of sp³-hybridized carbons (Fsp3) is 0.105. The predicted octanol–water partition coefficient (Wildman–Crippen LogP) is 3.09. The first-order valence-electron chi connectivity index (χ1n) is 8.29. The molecule has 0 saturated carbocycles. The van der Waals surface area contributed by atoms with Crippen LogP contribution < -0.4 is 14.2 Å². The molecule has 29 heavy (non-hydrogen) atoms. The number of ether oxygens (including phenoxy) is 2. The van der Waals surface area contributed by atoms with Crippen LogP contribution in [-0.4, -0.2) is 35.2 Å². The second kappa shape index (κ2) is 8.10. The molecule has 0 aliphatic rings. The van der Waals surface area contributed by atoms with Gasteiger partial charge in [0.05, 0.1) is 12.0 Å². The number of nitrogens with zero attached hydrogens (tertiary/aromatic N) is 1. The number of sulfonamides is 1. The summed E-state index contributed by atoms with van der Waals surface area (Å²) in [6, 6.07) is 15.0. The minimum Gasteiger partial charge on any atom is -0.497 e. The molecular formula is C19H18N2O6S2. The van der Waals surface area contributed by atoms with Crippen molar-refractivity contribution in [3.05, 3.63) is 66.9 Å². The van der Waals surface area contributed by atoms with Crippen LogP contribution in [0.25, 0.3) is 0 Å². The van der Waals surface area contributed by atoms with E-state index < -0.39 is 19.9 Å². The number of pyridine rings is 1. The van der Waals surface area contributed by atoms with Crippen molar-refractivity contribution in [2.75, 3.05) is 18.1 Å². The van der Waals surface area contributed by atoms with Gasteiger partial charge in [0.25, 0.3) is 10.0 Å². The van der Waals surface area contributed by atoms with E-state index in [4.69, 9.17) is 9.47 Å².